The maximum Gasteiger partial charge on any atom is 0.302 e. The van der Waals surface area contributed by atoms with E-state index < -0.39 is 16.0 Å². The molecule has 8 heteroatoms. The zero-order valence-electron chi connectivity index (χ0n) is 9.25. The minimum Gasteiger partial charge on any atom is -0.265 e. The summed E-state index contributed by atoms with van der Waals surface area (Å²) in [6.07, 6.45) is 0.760. The molecule has 1 aromatic rings. The van der Waals surface area contributed by atoms with Gasteiger partial charge in [-0.3, -0.25) is 4.79 Å². The lowest BCUT2D eigenvalue weighted by molar-refractivity contribution is -0.0345. The molecule has 0 aromatic heterocycles. The van der Waals surface area contributed by atoms with Gasteiger partial charge in [0.15, 0.2) is 0 Å². The quantitative estimate of drug-likeness (QED) is 0.648. The predicted octanol–water partition coefficient (Wildman–Crippen LogP) is 1.27. The number of hydroxylamine groups is 1. The zero-order chi connectivity index (χ0) is 13.1. The Balaban J connectivity index is 3.03. The molecule has 1 N–H and O–H groups in total. The molecule has 0 unspecified atom stereocenters. The lowest BCUT2D eigenvalue weighted by Gasteiger charge is -2.13. The maximum atomic E-state index is 11.8. The van der Waals surface area contributed by atoms with Crippen molar-refractivity contribution in [3.05, 3.63) is 35.4 Å². The molecule has 92 valence electrons. The van der Waals surface area contributed by atoms with Crippen molar-refractivity contribution in [1.82, 2.24) is 5.17 Å². The first kappa shape index (κ1) is 13.3. The number of hydrogen-bond acceptors (Lipinski definition) is 6. The van der Waals surface area contributed by atoms with E-state index in [4.69, 9.17) is 5.53 Å². The van der Waals surface area contributed by atoms with Gasteiger partial charge < -0.3 is 0 Å². The van der Waals surface area contributed by atoms with E-state index >= 15 is 0 Å². The molecule has 0 spiro atoms. The minimum absolute atomic E-state index is 0.123. The van der Waals surface area contributed by atoms with Crippen LogP contribution in [0.4, 0.5) is 0 Å². The van der Waals surface area contributed by atoms with Gasteiger partial charge >= 0.3 is 5.91 Å². The molecular weight excluding hydrogens is 246 g/mol. The van der Waals surface area contributed by atoms with Gasteiger partial charge in [0, 0.05) is 5.56 Å². The SMILES string of the molecule is Cc1ccccc1C(=O)N(N=N)OS(C)(=O)=O. The third-order valence-electron chi connectivity index (χ3n) is 1.85. The van der Waals surface area contributed by atoms with Crippen LogP contribution in [-0.4, -0.2) is 25.8 Å². The molecule has 0 aliphatic rings. The molecule has 0 heterocycles. The number of nitrogens with one attached hydrogen (secondary N) is 1. The Morgan fingerprint density at radius 2 is 2.00 bits per heavy atom. The van der Waals surface area contributed by atoms with Crippen LogP contribution in [-0.2, 0) is 14.4 Å². The van der Waals surface area contributed by atoms with Crippen molar-refractivity contribution in [3.63, 3.8) is 0 Å². The number of amides is 1. The van der Waals surface area contributed by atoms with Gasteiger partial charge in [-0.15, -0.1) is 4.28 Å². The van der Waals surface area contributed by atoms with Gasteiger partial charge in [0.25, 0.3) is 10.1 Å². The summed E-state index contributed by atoms with van der Waals surface area (Å²) in [5, 5.41) is 2.85. The first-order chi connectivity index (χ1) is 7.85. The fraction of sp³-hybridized carbons (Fsp3) is 0.222. The second-order valence-corrected chi connectivity index (χ2v) is 4.83. The second-order valence-electron chi connectivity index (χ2n) is 3.27. The molecular formula is C9H11N3O4S. The summed E-state index contributed by atoms with van der Waals surface area (Å²) in [6.45, 7) is 1.68. The minimum atomic E-state index is -3.91. The van der Waals surface area contributed by atoms with E-state index in [-0.39, 0.29) is 10.7 Å². The Bertz CT molecular complexity index is 541. The van der Waals surface area contributed by atoms with Crippen molar-refractivity contribution >= 4 is 16.0 Å². The van der Waals surface area contributed by atoms with E-state index in [1.54, 1.807) is 25.1 Å². The number of carbonyl (C=O) groups is 1. The van der Waals surface area contributed by atoms with Gasteiger partial charge in [-0.1, -0.05) is 23.4 Å². The maximum absolute atomic E-state index is 11.8. The fourth-order valence-electron chi connectivity index (χ4n) is 1.14. The lowest BCUT2D eigenvalue weighted by atomic mass is 10.1. The summed E-state index contributed by atoms with van der Waals surface area (Å²) < 4.78 is 26.0. The van der Waals surface area contributed by atoms with E-state index in [9.17, 15) is 13.2 Å². The average molecular weight is 257 g/mol. The van der Waals surface area contributed by atoms with Crippen LogP contribution in [0.5, 0.6) is 0 Å². The monoisotopic (exact) mass is 257 g/mol. The largest absolute Gasteiger partial charge is 0.302 e. The highest BCUT2D eigenvalue weighted by atomic mass is 32.2. The first-order valence-corrected chi connectivity index (χ1v) is 6.34. The van der Waals surface area contributed by atoms with Crippen molar-refractivity contribution in [2.45, 2.75) is 6.92 Å². The Hall–Kier alpha value is -1.80. The average Bonchev–Trinajstić information content (AvgIpc) is 2.24. The van der Waals surface area contributed by atoms with Crippen LogP contribution in [0.25, 0.3) is 0 Å². The smallest absolute Gasteiger partial charge is 0.265 e. The Morgan fingerprint density at radius 1 is 1.41 bits per heavy atom. The summed E-state index contributed by atoms with van der Waals surface area (Å²) in [5.41, 5.74) is 7.57. The lowest BCUT2D eigenvalue weighted by Crippen LogP contribution is -2.28. The van der Waals surface area contributed by atoms with Crippen molar-refractivity contribution in [2.24, 2.45) is 5.22 Å². The highest BCUT2D eigenvalue weighted by Crippen LogP contribution is 2.12. The van der Waals surface area contributed by atoms with Crippen molar-refractivity contribution in [2.75, 3.05) is 6.26 Å². The summed E-state index contributed by atoms with van der Waals surface area (Å²) in [4.78, 5) is 11.8. The van der Waals surface area contributed by atoms with Crippen molar-refractivity contribution in [3.8, 4) is 0 Å². The molecule has 0 aliphatic heterocycles. The normalized spacial score (nSPS) is 10.9. The Morgan fingerprint density at radius 3 is 2.47 bits per heavy atom. The standard InChI is InChI=1S/C9H11N3O4S/c1-7-5-3-4-6-8(7)9(13)12(11-10)16-17(2,14)15/h3-6,10H,1-2H3. The molecule has 17 heavy (non-hydrogen) atoms. The highest BCUT2D eigenvalue weighted by Gasteiger charge is 2.22. The van der Waals surface area contributed by atoms with E-state index in [1.807, 2.05) is 0 Å². The molecule has 0 radical (unpaired) electrons. The van der Waals surface area contributed by atoms with E-state index in [0.717, 1.165) is 6.26 Å². The van der Waals surface area contributed by atoms with Crippen LogP contribution < -0.4 is 0 Å². The predicted molar refractivity (Wildman–Crippen MR) is 58.4 cm³/mol. The van der Waals surface area contributed by atoms with E-state index in [2.05, 4.69) is 9.51 Å². The van der Waals surface area contributed by atoms with Crippen LogP contribution in [0.3, 0.4) is 0 Å². The van der Waals surface area contributed by atoms with Gasteiger partial charge in [0.05, 0.1) is 6.26 Å². The summed E-state index contributed by atoms with van der Waals surface area (Å²) in [7, 11) is -3.91. The molecule has 1 rings (SSSR count). The van der Waals surface area contributed by atoms with Crippen molar-refractivity contribution in [1.29, 1.82) is 5.53 Å². The van der Waals surface area contributed by atoms with Gasteiger partial charge in [-0.05, 0) is 23.8 Å². The summed E-state index contributed by atoms with van der Waals surface area (Å²) in [5.74, 6) is -0.816. The fourth-order valence-corrected chi connectivity index (χ4v) is 1.50. The van der Waals surface area contributed by atoms with Gasteiger partial charge in [-0.2, -0.15) is 13.9 Å². The zero-order valence-corrected chi connectivity index (χ0v) is 10.1. The number of hydrogen-bond donors (Lipinski definition) is 1. The molecule has 0 saturated heterocycles. The van der Waals surface area contributed by atoms with Crippen molar-refractivity contribution < 1.29 is 17.5 Å². The van der Waals surface area contributed by atoms with Crippen LogP contribution in [0.1, 0.15) is 15.9 Å². The molecule has 1 aromatic carbocycles. The third-order valence-corrected chi connectivity index (χ3v) is 2.26. The van der Waals surface area contributed by atoms with Crippen LogP contribution in [0.15, 0.2) is 29.5 Å². The number of benzene rings is 1. The van der Waals surface area contributed by atoms with Crippen LogP contribution >= 0.6 is 0 Å². The van der Waals surface area contributed by atoms with Gasteiger partial charge in [-0.25, -0.2) is 0 Å². The van der Waals surface area contributed by atoms with Crippen LogP contribution in [0, 0.1) is 12.5 Å². The topological polar surface area (TPSA) is 99.9 Å². The molecule has 7 nitrogen and oxygen atoms in total. The van der Waals surface area contributed by atoms with E-state index in [0.29, 0.717) is 5.56 Å². The summed E-state index contributed by atoms with van der Waals surface area (Å²) >= 11 is 0. The number of aryl methyl sites for hydroxylation is 1. The van der Waals surface area contributed by atoms with Crippen LogP contribution in [0.2, 0.25) is 0 Å². The first-order valence-electron chi connectivity index (χ1n) is 4.52. The highest BCUT2D eigenvalue weighted by molar-refractivity contribution is 7.85. The van der Waals surface area contributed by atoms with Gasteiger partial charge in [0.1, 0.15) is 0 Å². The molecule has 0 fully saturated rings. The number of nitrogens with zero attached hydrogens (tertiary/aromatic N) is 2. The summed E-state index contributed by atoms with van der Waals surface area (Å²) in [6, 6.07) is 6.51. The molecule has 0 aliphatic carbocycles. The van der Waals surface area contributed by atoms with Gasteiger partial charge in [0.2, 0.25) is 0 Å². The number of rotatable bonds is 4. The Labute approximate surface area is 98.6 Å². The number of carbonyl (C=O) groups excluding carboxylic acids is 1. The molecule has 0 bridgehead atoms. The Kier molecular flexibility index (Phi) is 3.92. The second kappa shape index (κ2) is 5.02. The third kappa shape index (κ3) is 3.61. The van der Waals surface area contributed by atoms with E-state index in [1.165, 1.54) is 6.07 Å². The molecule has 1 amide bonds. The molecule has 0 saturated carbocycles. The molecule has 0 atom stereocenters.